The zero-order valence-corrected chi connectivity index (χ0v) is 16.1. The van der Waals surface area contributed by atoms with Gasteiger partial charge in [-0.05, 0) is 56.2 Å². The fraction of sp³-hybridized carbons (Fsp3) is 0.227. The van der Waals surface area contributed by atoms with Crippen molar-refractivity contribution < 1.29 is 18.7 Å². The maximum absolute atomic E-state index is 12.6. The van der Waals surface area contributed by atoms with E-state index in [1.165, 1.54) is 6.07 Å². The summed E-state index contributed by atoms with van der Waals surface area (Å²) in [7, 11) is 0. The predicted molar refractivity (Wildman–Crippen MR) is 109 cm³/mol. The third-order valence-electron chi connectivity index (χ3n) is 4.62. The number of carbonyl (C=O) groups is 2. The maximum atomic E-state index is 12.6. The second-order valence-corrected chi connectivity index (χ2v) is 7.15. The number of amides is 2. The van der Waals surface area contributed by atoms with E-state index in [-0.39, 0.29) is 17.6 Å². The van der Waals surface area contributed by atoms with Crippen LogP contribution in [0.2, 0.25) is 0 Å². The van der Waals surface area contributed by atoms with Crippen LogP contribution < -0.4 is 21.0 Å². The zero-order chi connectivity index (χ0) is 20.5. The van der Waals surface area contributed by atoms with Crippen LogP contribution in [0.5, 0.6) is 5.75 Å². The fourth-order valence-electron chi connectivity index (χ4n) is 3.28. The zero-order valence-electron chi connectivity index (χ0n) is 16.1. The van der Waals surface area contributed by atoms with Gasteiger partial charge in [0.1, 0.15) is 16.9 Å². The van der Waals surface area contributed by atoms with Crippen LogP contribution in [0.25, 0.3) is 11.0 Å². The Hall–Kier alpha value is -3.61. The quantitative estimate of drug-likeness (QED) is 0.665. The number of hydrogen-bond acceptors (Lipinski definition) is 5. The molecule has 0 atom stereocenters. The smallest absolute Gasteiger partial charge is 0.349 e. The number of ether oxygens (including phenoxy) is 1. The SMILES string of the molecule is CC(C)Oc1ccc2cc(C(=O)Nc3ccc4c(c3)C(=O)NCC4)c(=O)oc2c1. The number of fused-ring (bicyclic) bond motifs is 2. The highest BCUT2D eigenvalue weighted by Crippen LogP contribution is 2.23. The molecule has 2 aromatic carbocycles. The van der Waals surface area contributed by atoms with Crippen LogP contribution in [0.1, 0.15) is 40.1 Å². The van der Waals surface area contributed by atoms with Crippen molar-refractivity contribution in [2.45, 2.75) is 26.4 Å². The molecule has 2 heterocycles. The first-order valence-corrected chi connectivity index (χ1v) is 9.38. The number of benzene rings is 2. The summed E-state index contributed by atoms with van der Waals surface area (Å²) in [6.45, 7) is 4.40. The van der Waals surface area contributed by atoms with Crippen LogP contribution in [-0.4, -0.2) is 24.5 Å². The highest BCUT2D eigenvalue weighted by atomic mass is 16.5. The van der Waals surface area contributed by atoms with Crippen LogP contribution in [0.15, 0.2) is 51.7 Å². The van der Waals surface area contributed by atoms with Crippen molar-refractivity contribution in [1.82, 2.24) is 5.32 Å². The summed E-state index contributed by atoms with van der Waals surface area (Å²) in [5.41, 5.74) is 1.37. The van der Waals surface area contributed by atoms with Crippen molar-refractivity contribution in [2.75, 3.05) is 11.9 Å². The number of nitrogens with one attached hydrogen (secondary N) is 2. The van der Waals surface area contributed by atoms with E-state index in [1.54, 1.807) is 30.3 Å². The monoisotopic (exact) mass is 392 g/mol. The van der Waals surface area contributed by atoms with Crippen molar-refractivity contribution in [3.05, 3.63) is 69.6 Å². The molecular weight excluding hydrogens is 372 g/mol. The van der Waals surface area contributed by atoms with E-state index < -0.39 is 11.5 Å². The molecule has 148 valence electrons. The molecule has 7 nitrogen and oxygen atoms in total. The Balaban J connectivity index is 1.62. The minimum absolute atomic E-state index is 0.0112. The molecule has 0 fully saturated rings. The van der Waals surface area contributed by atoms with Crippen LogP contribution >= 0.6 is 0 Å². The predicted octanol–water partition coefficient (Wildman–Crippen LogP) is 3.12. The van der Waals surface area contributed by atoms with Gasteiger partial charge in [-0.2, -0.15) is 0 Å². The first-order valence-electron chi connectivity index (χ1n) is 9.38. The van der Waals surface area contributed by atoms with Crippen LogP contribution in [0.3, 0.4) is 0 Å². The molecule has 1 aliphatic heterocycles. The molecule has 0 bridgehead atoms. The highest BCUT2D eigenvalue weighted by molar-refractivity contribution is 6.06. The number of anilines is 1. The summed E-state index contributed by atoms with van der Waals surface area (Å²) in [6, 6.07) is 11.7. The van der Waals surface area contributed by atoms with Gasteiger partial charge in [0.2, 0.25) is 0 Å². The summed E-state index contributed by atoms with van der Waals surface area (Å²) in [5, 5.41) is 6.04. The average Bonchev–Trinajstić information content (AvgIpc) is 2.67. The Morgan fingerprint density at radius 3 is 2.76 bits per heavy atom. The van der Waals surface area contributed by atoms with Gasteiger partial charge in [-0.25, -0.2) is 4.79 Å². The normalized spacial score (nSPS) is 13.1. The summed E-state index contributed by atoms with van der Waals surface area (Å²) in [6.07, 6.45) is 0.731. The molecule has 0 unspecified atom stereocenters. The second kappa shape index (κ2) is 7.43. The molecule has 0 spiro atoms. The first kappa shape index (κ1) is 18.7. The van der Waals surface area contributed by atoms with Crippen LogP contribution in [0, 0.1) is 0 Å². The molecule has 3 aromatic rings. The Kier molecular flexibility index (Phi) is 4.80. The molecule has 1 aromatic heterocycles. The van der Waals surface area contributed by atoms with Crippen molar-refractivity contribution in [3.63, 3.8) is 0 Å². The van der Waals surface area contributed by atoms with Crippen LogP contribution in [-0.2, 0) is 6.42 Å². The van der Waals surface area contributed by atoms with E-state index in [0.29, 0.717) is 34.5 Å². The summed E-state index contributed by atoms with van der Waals surface area (Å²) in [4.78, 5) is 37.0. The Morgan fingerprint density at radius 1 is 1.14 bits per heavy atom. The Morgan fingerprint density at radius 2 is 1.97 bits per heavy atom. The lowest BCUT2D eigenvalue weighted by Gasteiger charge is -2.17. The largest absolute Gasteiger partial charge is 0.491 e. The molecule has 2 N–H and O–H groups in total. The lowest BCUT2D eigenvalue weighted by Crippen LogP contribution is -2.32. The van der Waals surface area contributed by atoms with Gasteiger partial charge in [-0.1, -0.05) is 6.07 Å². The van der Waals surface area contributed by atoms with E-state index in [0.717, 1.165) is 12.0 Å². The van der Waals surface area contributed by atoms with Gasteiger partial charge in [-0.15, -0.1) is 0 Å². The third kappa shape index (κ3) is 3.85. The number of hydrogen-bond donors (Lipinski definition) is 2. The van der Waals surface area contributed by atoms with E-state index in [2.05, 4.69) is 10.6 Å². The average molecular weight is 392 g/mol. The van der Waals surface area contributed by atoms with Gasteiger partial charge in [0.05, 0.1) is 6.10 Å². The molecule has 4 rings (SSSR count). The molecule has 1 aliphatic rings. The van der Waals surface area contributed by atoms with E-state index in [9.17, 15) is 14.4 Å². The first-order chi connectivity index (χ1) is 13.9. The molecule has 7 heteroatoms. The lowest BCUT2D eigenvalue weighted by atomic mass is 10.00. The van der Waals surface area contributed by atoms with Gasteiger partial charge in [0.25, 0.3) is 11.8 Å². The Bertz CT molecular complexity index is 1180. The molecule has 2 amide bonds. The summed E-state index contributed by atoms with van der Waals surface area (Å²) in [5.74, 6) is -0.188. The molecular formula is C22H20N2O5. The topological polar surface area (TPSA) is 97.6 Å². The fourth-order valence-corrected chi connectivity index (χ4v) is 3.28. The van der Waals surface area contributed by atoms with E-state index >= 15 is 0 Å². The van der Waals surface area contributed by atoms with Crippen molar-refractivity contribution in [3.8, 4) is 5.75 Å². The van der Waals surface area contributed by atoms with Crippen molar-refractivity contribution in [1.29, 1.82) is 0 Å². The molecule has 29 heavy (non-hydrogen) atoms. The number of rotatable bonds is 4. The van der Waals surface area contributed by atoms with Gasteiger partial charge in [0, 0.05) is 29.2 Å². The highest BCUT2D eigenvalue weighted by Gasteiger charge is 2.19. The molecule has 0 radical (unpaired) electrons. The van der Waals surface area contributed by atoms with Gasteiger partial charge < -0.3 is 19.8 Å². The summed E-state index contributed by atoms with van der Waals surface area (Å²) < 4.78 is 10.9. The molecule has 0 saturated carbocycles. The van der Waals surface area contributed by atoms with Crippen LogP contribution in [0.4, 0.5) is 5.69 Å². The molecule has 0 aliphatic carbocycles. The van der Waals surface area contributed by atoms with E-state index in [4.69, 9.17) is 9.15 Å². The summed E-state index contributed by atoms with van der Waals surface area (Å²) >= 11 is 0. The third-order valence-corrected chi connectivity index (χ3v) is 4.62. The number of carbonyl (C=O) groups excluding carboxylic acids is 2. The Labute approximate surface area is 166 Å². The van der Waals surface area contributed by atoms with Gasteiger partial charge >= 0.3 is 5.63 Å². The maximum Gasteiger partial charge on any atom is 0.349 e. The van der Waals surface area contributed by atoms with Gasteiger partial charge in [-0.3, -0.25) is 9.59 Å². The lowest BCUT2D eigenvalue weighted by molar-refractivity contribution is 0.0944. The van der Waals surface area contributed by atoms with Crippen molar-refractivity contribution >= 4 is 28.5 Å². The van der Waals surface area contributed by atoms with Gasteiger partial charge in [0.15, 0.2) is 0 Å². The standard InChI is InChI=1S/C22H20N2O5/c1-12(2)28-16-6-4-14-9-18(22(27)29-19(14)11-16)21(26)24-15-5-3-13-7-8-23-20(25)17(13)10-15/h3-6,9-12H,7-8H2,1-2H3,(H,23,25)(H,24,26). The molecule has 0 saturated heterocycles. The van der Waals surface area contributed by atoms with Crippen molar-refractivity contribution in [2.24, 2.45) is 0 Å². The second-order valence-electron chi connectivity index (χ2n) is 7.15. The van der Waals surface area contributed by atoms with E-state index in [1.807, 2.05) is 19.9 Å². The minimum atomic E-state index is -0.743. The minimum Gasteiger partial charge on any atom is -0.491 e.